The van der Waals surface area contributed by atoms with Crippen LogP contribution in [-0.2, 0) is 0 Å². The van der Waals surface area contributed by atoms with Gasteiger partial charge in [-0.25, -0.2) is 0 Å². The van der Waals surface area contributed by atoms with Gasteiger partial charge in [0.1, 0.15) is 0 Å². The second kappa shape index (κ2) is 17.2. The molecule has 17 aromatic rings. The van der Waals surface area contributed by atoms with Crippen LogP contribution in [-0.4, -0.2) is 9.13 Å². The first-order chi connectivity index (χ1) is 38.7. The molecule has 0 unspecified atom stereocenters. The van der Waals surface area contributed by atoms with E-state index in [0.29, 0.717) is 0 Å². The summed E-state index contributed by atoms with van der Waals surface area (Å²) in [5, 5.41) is 17.1. The summed E-state index contributed by atoms with van der Waals surface area (Å²) in [5.41, 5.74) is 13.9. The maximum Gasteiger partial charge on any atom is 0.0728 e. The van der Waals surface area contributed by atoms with Crippen molar-refractivity contribution < 1.29 is 0 Å². The van der Waals surface area contributed by atoms with Gasteiger partial charge in [-0.2, -0.15) is 0 Å². The third-order valence-corrected chi connectivity index (χ3v) is 19.9. The van der Waals surface area contributed by atoms with Crippen molar-refractivity contribution in [1.29, 1.82) is 0 Å². The SMILES string of the molecule is c1ccc(N(c2ccc3c(c2)c2cc4sc5ccccc5c4cc2n3-c2ccccc2)c2c3ccsc3c(N(c3ccccc3)c3ccc4c(c3)c3cc5sc6ccccc6c5cc3n4-c3ccccc3)c3ccsc23)cc1. The average Bonchev–Trinajstić information content (AvgIpc) is 4.55. The number of benzene rings is 11. The van der Waals surface area contributed by atoms with E-state index in [2.05, 4.69) is 272 Å². The summed E-state index contributed by atoms with van der Waals surface area (Å²) >= 11 is 7.40. The monoisotopic (exact) mass is 1070 g/mol. The Kier molecular flexibility index (Phi) is 9.76. The molecule has 0 spiro atoms. The summed E-state index contributed by atoms with van der Waals surface area (Å²) in [4.78, 5) is 5.04. The number of para-hydroxylation sites is 4. The molecule has 0 N–H and O–H groups in total. The number of aromatic nitrogens is 2. The Hall–Kier alpha value is -9.02. The van der Waals surface area contributed by atoms with Crippen molar-refractivity contribution >= 4 is 184 Å². The number of anilines is 6. The van der Waals surface area contributed by atoms with Gasteiger partial charge >= 0.3 is 0 Å². The summed E-state index contributed by atoms with van der Waals surface area (Å²) in [7, 11) is 0. The van der Waals surface area contributed by atoms with Crippen molar-refractivity contribution in [1.82, 2.24) is 9.13 Å². The van der Waals surface area contributed by atoms with E-state index in [1.807, 2.05) is 45.3 Å². The van der Waals surface area contributed by atoms with E-state index in [-0.39, 0.29) is 0 Å². The van der Waals surface area contributed by atoms with Gasteiger partial charge in [-0.1, -0.05) is 109 Å². The topological polar surface area (TPSA) is 16.3 Å². The fraction of sp³-hybridized carbons (Fsp3) is 0. The summed E-state index contributed by atoms with van der Waals surface area (Å²) in [6.07, 6.45) is 0. The van der Waals surface area contributed by atoms with Crippen LogP contribution in [0.25, 0.3) is 116 Å². The Morgan fingerprint density at radius 2 is 0.641 bits per heavy atom. The van der Waals surface area contributed by atoms with Crippen molar-refractivity contribution in [2.24, 2.45) is 0 Å². The van der Waals surface area contributed by atoms with E-state index in [4.69, 9.17) is 0 Å². The van der Waals surface area contributed by atoms with Gasteiger partial charge in [-0.05, 0) is 144 Å². The average molecular weight is 1070 g/mol. The first-order valence-electron chi connectivity index (χ1n) is 26.2. The van der Waals surface area contributed by atoms with Crippen molar-refractivity contribution in [2.45, 2.75) is 0 Å². The molecule has 0 amide bonds. The molecule has 0 saturated carbocycles. The molecule has 78 heavy (non-hydrogen) atoms. The molecule has 0 aliphatic carbocycles. The molecule has 0 radical (unpaired) electrons. The Balaban J connectivity index is 0.902. The van der Waals surface area contributed by atoms with E-state index in [9.17, 15) is 0 Å². The highest BCUT2D eigenvalue weighted by molar-refractivity contribution is 7.26. The molecule has 0 saturated heterocycles. The van der Waals surface area contributed by atoms with Gasteiger partial charge in [-0.15, -0.1) is 45.3 Å². The summed E-state index contributed by atoms with van der Waals surface area (Å²) in [6, 6.07) is 89.9. The first-order valence-corrected chi connectivity index (χ1v) is 29.6. The maximum absolute atomic E-state index is 2.52. The van der Waals surface area contributed by atoms with Gasteiger partial charge in [0.2, 0.25) is 0 Å². The van der Waals surface area contributed by atoms with Crippen LogP contribution in [0.4, 0.5) is 34.1 Å². The highest BCUT2D eigenvalue weighted by Gasteiger charge is 2.29. The molecule has 366 valence electrons. The molecule has 6 aromatic heterocycles. The van der Waals surface area contributed by atoms with E-state index in [0.717, 1.165) is 34.1 Å². The lowest BCUT2D eigenvalue weighted by Gasteiger charge is -2.31. The maximum atomic E-state index is 2.52. The van der Waals surface area contributed by atoms with Gasteiger partial charge in [0.15, 0.2) is 0 Å². The lowest BCUT2D eigenvalue weighted by atomic mass is 10.0. The molecule has 0 fully saturated rings. The fourth-order valence-electron chi connectivity index (χ4n) is 12.5. The van der Waals surface area contributed by atoms with E-state index in [1.165, 1.54) is 116 Å². The molecule has 11 aromatic carbocycles. The van der Waals surface area contributed by atoms with Gasteiger partial charge in [0.25, 0.3) is 0 Å². The molecule has 8 heteroatoms. The molecule has 4 nitrogen and oxygen atoms in total. The van der Waals surface area contributed by atoms with Gasteiger partial charge in [-0.3, -0.25) is 0 Å². The minimum atomic E-state index is 1.11. The first kappa shape index (κ1) is 44.1. The molecular formula is C70H42N4S4. The third kappa shape index (κ3) is 6.55. The number of hydrogen-bond acceptors (Lipinski definition) is 6. The van der Waals surface area contributed by atoms with Crippen LogP contribution in [0.3, 0.4) is 0 Å². The van der Waals surface area contributed by atoms with Gasteiger partial charge in [0.05, 0.1) is 42.8 Å². The zero-order chi connectivity index (χ0) is 51.0. The van der Waals surface area contributed by atoms with Gasteiger partial charge < -0.3 is 18.9 Å². The second-order valence-electron chi connectivity index (χ2n) is 20.0. The van der Waals surface area contributed by atoms with Crippen molar-refractivity contribution in [3.63, 3.8) is 0 Å². The lowest BCUT2D eigenvalue weighted by molar-refractivity contribution is 1.18. The quantitative estimate of drug-likeness (QED) is 0.141. The van der Waals surface area contributed by atoms with E-state index >= 15 is 0 Å². The van der Waals surface area contributed by atoms with Crippen LogP contribution < -0.4 is 9.80 Å². The molecule has 0 atom stereocenters. The number of fused-ring (bicyclic) bond motifs is 14. The molecule has 6 heterocycles. The number of rotatable bonds is 8. The summed E-state index contributed by atoms with van der Waals surface area (Å²) < 4.78 is 12.6. The van der Waals surface area contributed by atoms with Crippen LogP contribution in [0.15, 0.2) is 253 Å². The van der Waals surface area contributed by atoms with Crippen LogP contribution in [0, 0.1) is 0 Å². The minimum Gasteiger partial charge on any atom is -0.309 e. The Morgan fingerprint density at radius 1 is 0.256 bits per heavy atom. The van der Waals surface area contributed by atoms with Crippen LogP contribution in [0.5, 0.6) is 0 Å². The van der Waals surface area contributed by atoms with Crippen LogP contribution in [0.1, 0.15) is 0 Å². The van der Waals surface area contributed by atoms with Crippen LogP contribution in [0.2, 0.25) is 0 Å². The predicted octanol–water partition coefficient (Wildman–Crippen LogP) is 22.0. The Morgan fingerprint density at radius 3 is 1.08 bits per heavy atom. The summed E-state index contributed by atoms with van der Waals surface area (Å²) in [5.74, 6) is 0. The third-order valence-electron chi connectivity index (χ3n) is 15.8. The minimum absolute atomic E-state index is 1.11. The number of hydrogen-bond donors (Lipinski definition) is 0. The summed E-state index contributed by atoms with van der Waals surface area (Å²) in [6.45, 7) is 0. The highest BCUT2D eigenvalue weighted by atomic mass is 32.1. The van der Waals surface area contributed by atoms with E-state index < -0.39 is 0 Å². The van der Waals surface area contributed by atoms with Gasteiger partial charge in [0, 0.05) is 107 Å². The highest BCUT2D eigenvalue weighted by Crippen LogP contribution is 2.55. The lowest BCUT2D eigenvalue weighted by Crippen LogP contribution is -2.13. The number of nitrogens with zero attached hydrogens (tertiary/aromatic N) is 4. The fourth-order valence-corrected chi connectivity index (χ4v) is 16.6. The zero-order valence-electron chi connectivity index (χ0n) is 41.7. The Labute approximate surface area is 464 Å². The predicted molar refractivity (Wildman–Crippen MR) is 341 cm³/mol. The molecule has 17 rings (SSSR count). The normalized spacial score (nSPS) is 12.1. The second-order valence-corrected chi connectivity index (χ2v) is 24.0. The van der Waals surface area contributed by atoms with Crippen molar-refractivity contribution in [2.75, 3.05) is 9.80 Å². The Bertz CT molecular complexity index is 4840. The van der Waals surface area contributed by atoms with Crippen LogP contribution >= 0.6 is 45.3 Å². The number of thiophene rings is 4. The van der Waals surface area contributed by atoms with Crippen molar-refractivity contribution in [3.8, 4) is 11.4 Å². The molecule has 0 aliphatic rings. The molecule has 0 aliphatic heterocycles. The smallest absolute Gasteiger partial charge is 0.0728 e. The largest absolute Gasteiger partial charge is 0.309 e. The standard InChI is InChI=1S/C70H42N4S4/c1-5-17-43(18-6-1)71(47-29-31-59-53(37-47)55-41-65-57(49-25-13-15-27-63(49)77-65)39-61(55)73(59)45-21-9-3-10-22-45)67-51-33-35-76-70(51)68(52-34-36-75-69(52)67)72(44-19-7-2-8-20-44)48-30-32-60-54(38-48)56-42-66-58(50-26-14-16-28-64(50)78-66)40-62(56)74(60)46-23-11-4-12-24-46/h1-42H. The molecular weight excluding hydrogens is 1030 g/mol. The van der Waals surface area contributed by atoms with Crippen molar-refractivity contribution in [3.05, 3.63) is 253 Å². The zero-order valence-corrected chi connectivity index (χ0v) is 44.9. The molecule has 0 bridgehead atoms. The van der Waals surface area contributed by atoms with E-state index in [1.54, 1.807) is 0 Å².